The number of carbonyl (C=O) groups is 1. The second-order valence-corrected chi connectivity index (χ2v) is 6.54. The van der Waals surface area contributed by atoms with E-state index in [2.05, 4.69) is 5.32 Å². The number of nitrogens with one attached hydrogen (secondary N) is 1. The average molecular weight is 420 g/mol. The van der Waals surface area contributed by atoms with E-state index in [-0.39, 0.29) is 17.7 Å². The number of amides is 1. The molecule has 3 aromatic carbocycles. The summed E-state index contributed by atoms with van der Waals surface area (Å²) in [5, 5.41) is 12.0. The lowest BCUT2D eigenvalue weighted by atomic mass is 10.1. The molecule has 7 heteroatoms. The summed E-state index contributed by atoms with van der Waals surface area (Å²) >= 11 is 0. The maximum absolute atomic E-state index is 14.0. The second-order valence-electron chi connectivity index (χ2n) is 6.54. The fourth-order valence-corrected chi connectivity index (χ4v) is 2.99. The molecule has 1 N–H and O–H groups in total. The van der Waals surface area contributed by atoms with Gasteiger partial charge in [0.2, 0.25) is 5.75 Å². The predicted octanol–water partition coefficient (Wildman–Crippen LogP) is 4.42. The summed E-state index contributed by atoms with van der Waals surface area (Å²) in [5.74, 6) is -0.230. The van der Waals surface area contributed by atoms with E-state index in [4.69, 9.17) is 14.2 Å². The van der Waals surface area contributed by atoms with Gasteiger partial charge in [-0.15, -0.1) is 0 Å². The van der Waals surface area contributed by atoms with Crippen molar-refractivity contribution in [3.05, 3.63) is 89.2 Å². The van der Waals surface area contributed by atoms with Crippen LogP contribution in [0, 0.1) is 17.1 Å². The monoisotopic (exact) mass is 420 g/mol. The van der Waals surface area contributed by atoms with Crippen molar-refractivity contribution >= 4 is 5.91 Å². The molecule has 3 aromatic rings. The van der Waals surface area contributed by atoms with Crippen LogP contribution in [0.1, 0.15) is 27.5 Å². The van der Waals surface area contributed by atoms with Crippen LogP contribution in [-0.2, 0) is 6.61 Å². The van der Waals surface area contributed by atoms with Crippen LogP contribution in [-0.4, -0.2) is 20.1 Å². The van der Waals surface area contributed by atoms with Gasteiger partial charge in [0, 0.05) is 11.1 Å². The van der Waals surface area contributed by atoms with Crippen molar-refractivity contribution in [2.75, 3.05) is 14.2 Å². The molecule has 0 aliphatic heterocycles. The molecule has 0 saturated carbocycles. The van der Waals surface area contributed by atoms with E-state index >= 15 is 0 Å². The minimum absolute atomic E-state index is 0.0834. The molecular formula is C24H21FN2O4. The summed E-state index contributed by atoms with van der Waals surface area (Å²) in [7, 11) is 2.90. The van der Waals surface area contributed by atoms with Crippen LogP contribution < -0.4 is 19.5 Å². The first-order valence-electron chi connectivity index (χ1n) is 9.45. The largest absolute Gasteiger partial charge is 0.493 e. The molecule has 0 aliphatic rings. The van der Waals surface area contributed by atoms with Crippen molar-refractivity contribution in [3.8, 4) is 23.3 Å². The fraction of sp³-hybridized carbons (Fsp3) is 0.167. The van der Waals surface area contributed by atoms with Crippen LogP contribution in [0.5, 0.6) is 17.2 Å². The lowest BCUT2D eigenvalue weighted by molar-refractivity contribution is 0.0944. The molecule has 0 spiro atoms. The van der Waals surface area contributed by atoms with Gasteiger partial charge in [0.1, 0.15) is 18.5 Å². The van der Waals surface area contributed by atoms with Crippen LogP contribution in [0.3, 0.4) is 0 Å². The van der Waals surface area contributed by atoms with Gasteiger partial charge in [-0.2, -0.15) is 5.26 Å². The van der Waals surface area contributed by atoms with Crippen LogP contribution in [0.4, 0.5) is 4.39 Å². The molecule has 0 fully saturated rings. The third-order valence-corrected chi connectivity index (χ3v) is 4.57. The number of hydrogen-bond acceptors (Lipinski definition) is 5. The Balaban J connectivity index is 1.85. The van der Waals surface area contributed by atoms with Gasteiger partial charge in [0.15, 0.2) is 11.5 Å². The van der Waals surface area contributed by atoms with Crippen molar-refractivity contribution < 1.29 is 23.4 Å². The first kappa shape index (κ1) is 21.7. The molecular weight excluding hydrogens is 399 g/mol. The maximum atomic E-state index is 14.0. The first-order valence-corrected chi connectivity index (χ1v) is 9.45. The molecule has 0 aliphatic carbocycles. The minimum atomic E-state index is -1.15. The minimum Gasteiger partial charge on any atom is -0.493 e. The van der Waals surface area contributed by atoms with E-state index in [1.807, 2.05) is 36.4 Å². The molecule has 1 atom stereocenters. The number of methoxy groups -OCH3 is 2. The van der Waals surface area contributed by atoms with Crippen LogP contribution >= 0.6 is 0 Å². The summed E-state index contributed by atoms with van der Waals surface area (Å²) in [5.41, 5.74) is 1.22. The molecule has 0 radical (unpaired) electrons. The Morgan fingerprint density at radius 3 is 2.23 bits per heavy atom. The van der Waals surface area contributed by atoms with Crippen LogP contribution in [0.2, 0.25) is 0 Å². The number of benzene rings is 3. The summed E-state index contributed by atoms with van der Waals surface area (Å²) in [6.45, 7) is 0.281. The normalized spacial score (nSPS) is 11.2. The number of hydrogen-bond donors (Lipinski definition) is 1. The Morgan fingerprint density at radius 2 is 1.65 bits per heavy atom. The molecule has 1 amide bonds. The van der Waals surface area contributed by atoms with Crippen molar-refractivity contribution in [2.24, 2.45) is 0 Å². The Kier molecular flexibility index (Phi) is 7.07. The van der Waals surface area contributed by atoms with Crippen molar-refractivity contribution in [1.82, 2.24) is 5.32 Å². The molecule has 0 bridgehead atoms. The van der Waals surface area contributed by atoms with Gasteiger partial charge in [-0.3, -0.25) is 4.79 Å². The standard InChI is InChI=1S/C24H21FN2O4/c1-29-21-12-17(24(28)27-20(14-26)18-10-6-7-11-19(18)25)13-22(30-2)23(21)31-15-16-8-4-3-5-9-16/h3-13,20H,15H2,1-2H3,(H,27,28). The molecule has 6 nitrogen and oxygen atoms in total. The topological polar surface area (TPSA) is 80.6 Å². The third-order valence-electron chi connectivity index (χ3n) is 4.57. The highest BCUT2D eigenvalue weighted by Crippen LogP contribution is 2.39. The van der Waals surface area contributed by atoms with Crippen molar-refractivity contribution in [3.63, 3.8) is 0 Å². The van der Waals surface area contributed by atoms with Gasteiger partial charge in [0.25, 0.3) is 5.91 Å². The number of halogens is 1. The number of nitriles is 1. The quantitative estimate of drug-likeness (QED) is 0.584. The van der Waals surface area contributed by atoms with E-state index < -0.39 is 17.8 Å². The number of carbonyl (C=O) groups excluding carboxylic acids is 1. The average Bonchev–Trinajstić information content (AvgIpc) is 2.81. The Bertz CT molecular complexity index is 1070. The van der Waals surface area contributed by atoms with E-state index in [0.717, 1.165) is 5.56 Å². The first-order chi connectivity index (χ1) is 15.1. The molecule has 158 valence electrons. The number of nitrogens with zero attached hydrogens (tertiary/aromatic N) is 1. The summed E-state index contributed by atoms with van der Waals surface area (Å²) in [6.07, 6.45) is 0. The molecule has 0 saturated heterocycles. The zero-order chi connectivity index (χ0) is 22.2. The number of rotatable bonds is 8. The van der Waals surface area contributed by atoms with Gasteiger partial charge in [-0.1, -0.05) is 48.5 Å². The third kappa shape index (κ3) is 5.11. The van der Waals surface area contributed by atoms with Crippen LogP contribution in [0.25, 0.3) is 0 Å². The molecule has 1 unspecified atom stereocenters. The van der Waals surface area contributed by atoms with Crippen molar-refractivity contribution in [2.45, 2.75) is 12.6 Å². The van der Waals surface area contributed by atoms with E-state index in [9.17, 15) is 14.4 Å². The summed E-state index contributed by atoms with van der Waals surface area (Å²) < 4.78 is 30.7. The van der Waals surface area contributed by atoms with Crippen molar-refractivity contribution in [1.29, 1.82) is 5.26 Å². The van der Waals surface area contributed by atoms with Gasteiger partial charge < -0.3 is 19.5 Å². The number of ether oxygens (including phenoxy) is 3. The Labute approximate surface area is 179 Å². The Morgan fingerprint density at radius 1 is 1.03 bits per heavy atom. The molecule has 31 heavy (non-hydrogen) atoms. The van der Waals surface area contributed by atoms with Gasteiger partial charge in [-0.25, -0.2) is 4.39 Å². The highest BCUT2D eigenvalue weighted by Gasteiger charge is 2.22. The lowest BCUT2D eigenvalue weighted by Gasteiger charge is -2.17. The summed E-state index contributed by atoms with van der Waals surface area (Å²) in [6, 6.07) is 19.1. The molecule has 3 rings (SSSR count). The van der Waals surface area contributed by atoms with Gasteiger partial charge in [-0.05, 0) is 23.8 Å². The van der Waals surface area contributed by atoms with E-state index in [0.29, 0.717) is 17.2 Å². The molecule has 0 aromatic heterocycles. The zero-order valence-electron chi connectivity index (χ0n) is 17.1. The highest BCUT2D eigenvalue weighted by atomic mass is 19.1. The van der Waals surface area contributed by atoms with E-state index in [1.165, 1.54) is 44.6 Å². The summed E-state index contributed by atoms with van der Waals surface area (Å²) in [4.78, 5) is 12.8. The highest BCUT2D eigenvalue weighted by molar-refractivity contribution is 5.96. The second kappa shape index (κ2) is 10.1. The Hall–Kier alpha value is -4.05. The van der Waals surface area contributed by atoms with Gasteiger partial charge >= 0.3 is 0 Å². The maximum Gasteiger partial charge on any atom is 0.252 e. The SMILES string of the molecule is COc1cc(C(=O)NC(C#N)c2ccccc2F)cc(OC)c1OCc1ccccc1. The van der Waals surface area contributed by atoms with E-state index in [1.54, 1.807) is 6.07 Å². The van der Waals surface area contributed by atoms with Gasteiger partial charge in [0.05, 0.1) is 20.3 Å². The smallest absolute Gasteiger partial charge is 0.252 e. The van der Waals surface area contributed by atoms with Crippen LogP contribution in [0.15, 0.2) is 66.7 Å². The molecule has 0 heterocycles. The fourth-order valence-electron chi connectivity index (χ4n) is 2.99. The zero-order valence-corrected chi connectivity index (χ0v) is 17.1. The lowest BCUT2D eigenvalue weighted by Crippen LogP contribution is -2.28. The predicted molar refractivity (Wildman–Crippen MR) is 113 cm³/mol.